The van der Waals surface area contributed by atoms with Crippen LogP contribution in [-0.4, -0.2) is 131 Å². The van der Waals surface area contributed by atoms with E-state index in [-0.39, 0.29) is 21.6 Å². The zero-order chi connectivity index (χ0) is 37.2. The number of hydrogen-bond acceptors (Lipinski definition) is 15. The van der Waals surface area contributed by atoms with Gasteiger partial charge in [0.1, 0.15) is 30.1 Å². The molecular formula is C22H35N6O16S4. The van der Waals surface area contributed by atoms with Crippen LogP contribution in [-0.2, 0) is 40.4 Å². The largest absolute Gasteiger partial charge is 0.480 e. The smallest absolute Gasteiger partial charge is 0.394 e. The summed E-state index contributed by atoms with van der Waals surface area (Å²) in [5.41, 5.74) is 13.1. The molecule has 4 rings (SSSR count). The van der Waals surface area contributed by atoms with Crippen LogP contribution in [0.2, 0.25) is 0 Å². The number of aliphatic carboxylic acids is 1. The standard InChI is InChI=1S/C15H23N6O5S.C7H8O3S.2H2O4S/c1-27(3-2-7(16)15(24)25)4-8-10(22)11(23)14(26-8)21-6-20-9-12(17)18-5-19-13(9)21;1-6-2-4-7(5-3-6)11(8,9)10;2*1-5(2,3)4/h5-8,10-11,14,22-23H,2-4,16H2,1H3,(H,24,25)(H2,17,18,19);2-5H,1H3,(H,8,9,10);2*(H2,1,2,3,4)/t7-,8+,10+,11+,14+;;;/m0.../s1. The molecule has 1 fully saturated rings. The minimum absolute atomic E-state index is 0.0666. The molecule has 2 aromatic heterocycles. The van der Waals surface area contributed by atoms with E-state index in [1.54, 1.807) is 12.1 Å². The molecule has 3 aromatic rings. The summed E-state index contributed by atoms with van der Waals surface area (Å²) in [6.07, 6.45) is 1.31. The van der Waals surface area contributed by atoms with Crippen molar-refractivity contribution in [1.82, 2.24) is 19.5 Å². The van der Waals surface area contributed by atoms with Gasteiger partial charge in [-0.15, -0.1) is 0 Å². The molecule has 0 unspecified atom stereocenters. The van der Waals surface area contributed by atoms with Crippen molar-refractivity contribution >= 4 is 64.8 Å². The number of aryl methyl sites for hydroxylation is 1. The number of carbonyl (C=O) groups is 1. The van der Waals surface area contributed by atoms with E-state index >= 15 is 0 Å². The van der Waals surface area contributed by atoms with Crippen LogP contribution in [0.4, 0.5) is 5.82 Å². The Bertz CT molecular complexity index is 1780. The molecule has 5 atom stereocenters. The number of nitrogen functional groups attached to an aromatic ring is 1. The fourth-order valence-corrected chi connectivity index (χ4v) is 5.82. The Hall–Kier alpha value is -3.12. The number of hydrogen-bond donors (Lipinski definition) is 10. The van der Waals surface area contributed by atoms with E-state index in [1.165, 1.54) is 29.4 Å². The van der Waals surface area contributed by atoms with Gasteiger partial charge in [0.15, 0.2) is 17.7 Å². The lowest BCUT2D eigenvalue weighted by atomic mass is 10.1. The predicted molar refractivity (Wildman–Crippen MR) is 168 cm³/mol. The molecule has 12 N–H and O–H groups in total. The molecule has 1 saturated heterocycles. The lowest BCUT2D eigenvalue weighted by molar-refractivity contribution is -0.138. The number of fused-ring (bicyclic) bond motifs is 1. The maximum atomic E-state index is 10.8. The van der Waals surface area contributed by atoms with Crippen LogP contribution < -0.4 is 11.5 Å². The van der Waals surface area contributed by atoms with Gasteiger partial charge in [0.05, 0.1) is 17.3 Å². The number of rotatable bonds is 8. The highest BCUT2D eigenvalue weighted by atomic mass is 32.3. The second kappa shape index (κ2) is 18.0. The molecule has 26 heteroatoms. The van der Waals surface area contributed by atoms with E-state index in [1.807, 2.05) is 13.2 Å². The number of ether oxygens (including phenoxy) is 1. The van der Waals surface area contributed by atoms with Crippen LogP contribution in [0.25, 0.3) is 11.2 Å². The van der Waals surface area contributed by atoms with Crippen LogP contribution in [0.5, 0.6) is 0 Å². The van der Waals surface area contributed by atoms with Crippen LogP contribution in [0.15, 0.2) is 41.8 Å². The zero-order valence-corrected chi connectivity index (χ0v) is 28.2. The molecule has 22 nitrogen and oxygen atoms in total. The Morgan fingerprint density at radius 1 is 0.958 bits per heavy atom. The first-order chi connectivity index (χ1) is 21.8. The van der Waals surface area contributed by atoms with Gasteiger partial charge in [-0.3, -0.25) is 32.1 Å². The van der Waals surface area contributed by atoms with Crippen molar-refractivity contribution in [1.29, 1.82) is 0 Å². The highest BCUT2D eigenvalue weighted by molar-refractivity contribution is 8.16. The number of benzene rings is 1. The fraction of sp³-hybridized carbons (Fsp3) is 0.455. The van der Waals surface area contributed by atoms with Gasteiger partial charge >= 0.3 is 26.8 Å². The molecule has 0 aliphatic carbocycles. The van der Waals surface area contributed by atoms with E-state index in [2.05, 4.69) is 15.0 Å². The van der Waals surface area contributed by atoms with Crippen molar-refractivity contribution in [2.45, 2.75) is 48.8 Å². The van der Waals surface area contributed by atoms with Crippen molar-refractivity contribution in [2.24, 2.45) is 5.73 Å². The highest BCUT2D eigenvalue weighted by Gasteiger charge is 2.44. The molecular weight excluding hydrogens is 733 g/mol. The second-order valence-corrected chi connectivity index (χ2v) is 15.2. The minimum atomic E-state index is -4.67. The van der Waals surface area contributed by atoms with E-state index in [0.29, 0.717) is 29.1 Å². The van der Waals surface area contributed by atoms with E-state index in [9.17, 15) is 23.4 Å². The first-order valence-electron chi connectivity index (χ1n) is 12.8. The summed E-state index contributed by atoms with van der Waals surface area (Å²) in [7, 11) is -13.6. The van der Waals surface area contributed by atoms with Crippen LogP contribution in [0.1, 0.15) is 18.2 Å². The zero-order valence-electron chi connectivity index (χ0n) is 24.9. The number of nitrogens with zero attached hydrogens (tertiary/aromatic N) is 4. The number of anilines is 1. The van der Waals surface area contributed by atoms with Crippen LogP contribution >= 0.6 is 10.9 Å². The van der Waals surface area contributed by atoms with Gasteiger partial charge in [0, 0.05) is 5.75 Å². The summed E-state index contributed by atoms with van der Waals surface area (Å²) in [5.74, 6) is 0.254. The second-order valence-electron chi connectivity index (χ2n) is 9.70. The highest BCUT2D eigenvalue weighted by Crippen LogP contribution is 2.36. The predicted octanol–water partition coefficient (Wildman–Crippen LogP) is -1.34. The molecule has 0 bridgehead atoms. The topological polar surface area (TPSA) is 386 Å². The SMILES string of the molecule is C[S](CC[C@H](N)C(=O)O)C[C@H]1O[C@@H](n2cnc3c(N)ncnc32)[C@H](O)[C@@H]1O.Cc1ccc(S(=O)(=O)O)cc1.O=S(=O)(O)O.O=S(=O)(O)O. The molecule has 1 aromatic carbocycles. The molecule has 48 heavy (non-hydrogen) atoms. The van der Waals surface area contributed by atoms with E-state index in [4.69, 9.17) is 60.9 Å². The molecule has 0 saturated carbocycles. The van der Waals surface area contributed by atoms with E-state index < -0.39 is 67.5 Å². The van der Waals surface area contributed by atoms with Gasteiger partial charge in [-0.1, -0.05) is 17.7 Å². The Kier molecular flexibility index (Phi) is 16.1. The number of imidazole rings is 1. The maximum Gasteiger partial charge on any atom is 0.394 e. The fourth-order valence-electron chi connectivity index (χ4n) is 3.68. The minimum Gasteiger partial charge on any atom is -0.480 e. The van der Waals surface area contributed by atoms with Gasteiger partial charge < -0.3 is 31.5 Å². The molecule has 1 aliphatic rings. The summed E-state index contributed by atoms with van der Waals surface area (Å²) in [6.45, 7) is 1.84. The lowest BCUT2D eigenvalue weighted by Gasteiger charge is -2.21. The number of aliphatic hydroxyl groups is 2. The summed E-state index contributed by atoms with van der Waals surface area (Å²) in [5, 5.41) is 29.7. The molecule has 1 aliphatic heterocycles. The monoisotopic (exact) mass is 767 g/mol. The quantitative estimate of drug-likeness (QED) is 0.119. The third-order valence-corrected chi connectivity index (χ3v) is 8.56. The third-order valence-electron chi connectivity index (χ3n) is 5.86. The van der Waals surface area contributed by atoms with Crippen molar-refractivity contribution in [2.75, 3.05) is 23.5 Å². The first kappa shape index (κ1) is 42.9. The molecule has 273 valence electrons. The van der Waals surface area contributed by atoms with Gasteiger partial charge in [-0.2, -0.15) is 25.3 Å². The van der Waals surface area contributed by atoms with Gasteiger partial charge in [-0.25, -0.2) is 25.8 Å². The summed E-state index contributed by atoms with van der Waals surface area (Å²) in [6, 6.07) is 5.08. The Morgan fingerprint density at radius 2 is 1.48 bits per heavy atom. The molecule has 0 amide bonds. The Morgan fingerprint density at radius 3 is 1.96 bits per heavy atom. The number of aliphatic hydroxyl groups excluding tert-OH is 2. The van der Waals surface area contributed by atoms with Crippen molar-refractivity contribution in [3.63, 3.8) is 0 Å². The molecule has 1 radical (unpaired) electrons. The van der Waals surface area contributed by atoms with Crippen molar-refractivity contribution < 1.29 is 72.9 Å². The van der Waals surface area contributed by atoms with Crippen LogP contribution in [0, 0.1) is 6.92 Å². The molecule has 0 spiro atoms. The maximum absolute atomic E-state index is 10.8. The van der Waals surface area contributed by atoms with Crippen LogP contribution in [0.3, 0.4) is 0 Å². The van der Waals surface area contributed by atoms with Crippen molar-refractivity contribution in [3.05, 3.63) is 42.5 Å². The number of aromatic nitrogens is 4. The normalized spacial score (nSPS) is 20.1. The third kappa shape index (κ3) is 15.9. The number of nitrogens with two attached hydrogens (primary N) is 2. The summed E-state index contributed by atoms with van der Waals surface area (Å²) < 4.78 is 100. The van der Waals surface area contributed by atoms with Gasteiger partial charge in [0.2, 0.25) is 0 Å². The van der Waals surface area contributed by atoms with Crippen molar-refractivity contribution in [3.8, 4) is 0 Å². The average Bonchev–Trinajstić information content (AvgIpc) is 3.47. The summed E-state index contributed by atoms with van der Waals surface area (Å²) >= 11 is 0. The summed E-state index contributed by atoms with van der Waals surface area (Å²) in [4.78, 5) is 22.9. The lowest BCUT2D eigenvalue weighted by Crippen LogP contribution is -2.34. The first-order valence-corrected chi connectivity index (χ1v) is 19.0. The Labute approximate surface area is 277 Å². The van der Waals surface area contributed by atoms with E-state index in [0.717, 1.165) is 5.56 Å². The average molecular weight is 768 g/mol. The number of carboxylic acid groups (broad SMARTS) is 1. The van der Waals surface area contributed by atoms with Gasteiger partial charge in [0.25, 0.3) is 10.1 Å². The Balaban J connectivity index is 0.000000447. The van der Waals surface area contributed by atoms with Gasteiger partial charge in [-0.05, 0) is 37.5 Å². The number of carboxylic acids is 1. The molecule has 3 heterocycles.